The second-order valence-electron chi connectivity index (χ2n) is 8.32. The van der Waals surface area contributed by atoms with E-state index in [1.807, 2.05) is 0 Å². The van der Waals surface area contributed by atoms with Crippen LogP contribution in [0.4, 0.5) is 0 Å². The number of carboxylic acids is 1. The molecule has 0 unspecified atom stereocenters. The lowest BCUT2D eigenvalue weighted by molar-refractivity contribution is -0.191. The van der Waals surface area contributed by atoms with E-state index in [2.05, 4.69) is 20.9 Å². The number of aliphatic carboxylic acids is 1. The Labute approximate surface area is 229 Å². The summed E-state index contributed by atoms with van der Waals surface area (Å²) in [4.78, 5) is 57.2. The molecule has 1 amide bonds. The third-order valence-electron chi connectivity index (χ3n) is 5.48. The molecule has 3 rings (SSSR count). The van der Waals surface area contributed by atoms with Crippen molar-refractivity contribution in [2.24, 2.45) is 4.99 Å². The molecule has 1 heterocycles. The molecule has 4 N–H and O–H groups in total. The van der Waals surface area contributed by atoms with Crippen LogP contribution < -0.4 is 16.0 Å². The van der Waals surface area contributed by atoms with E-state index in [1.165, 1.54) is 12.1 Å². The Kier molecular flexibility index (Phi) is 13.0. The standard InChI is InChI=1S/C25H28Cl2N4O4.CO2/c26-19-5-1-6-20(27)22(19)23(33)31-21(24(34)35)15-17-9-7-16(8-10-17)14-18(32)4-2-11-28-25-29-12-3-13-30-25;2-1-3/h1,5-10,21H,2-4,11-15H2,(H,31,33)(H,34,35)(H2,28,29,30);/t21-;/m0./s1. The number of amides is 1. The number of nitrogens with zero attached hydrogens (tertiary/aromatic N) is 1. The molecule has 1 atom stereocenters. The minimum absolute atomic E-state index is 0.0362. The Morgan fingerprint density at radius 2 is 1.68 bits per heavy atom. The van der Waals surface area contributed by atoms with Crippen LogP contribution in [0.5, 0.6) is 0 Å². The first-order chi connectivity index (χ1) is 18.2. The highest BCUT2D eigenvalue weighted by atomic mass is 35.5. The van der Waals surface area contributed by atoms with Gasteiger partial charge in [0.15, 0.2) is 5.96 Å². The van der Waals surface area contributed by atoms with Crippen LogP contribution in [0.1, 0.15) is 40.7 Å². The monoisotopic (exact) mass is 562 g/mol. The lowest BCUT2D eigenvalue weighted by Crippen LogP contribution is -2.42. The summed E-state index contributed by atoms with van der Waals surface area (Å²) < 4.78 is 0. The molecule has 10 nitrogen and oxygen atoms in total. The molecule has 38 heavy (non-hydrogen) atoms. The minimum Gasteiger partial charge on any atom is -0.480 e. The van der Waals surface area contributed by atoms with E-state index in [4.69, 9.17) is 32.8 Å². The zero-order valence-electron chi connectivity index (χ0n) is 20.5. The van der Waals surface area contributed by atoms with Gasteiger partial charge in [-0.05, 0) is 36.1 Å². The van der Waals surface area contributed by atoms with Crippen LogP contribution in [0.15, 0.2) is 47.5 Å². The van der Waals surface area contributed by atoms with Gasteiger partial charge in [-0.3, -0.25) is 14.6 Å². The number of rotatable bonds is 11. The fourth-order valence-corrected chi connectivity index (χ4v) is 4.20. The van der Waals surface area contributed by atoms with Gasteiger partial charge in [0.25, 0.3) is 5.91 Å². The highest BCUT2D eigenvalue weighted by molar-refractivity contribution is 6.39. The topological polar surface area (TPSA) is 154 Å². The molecule has 0 radical (unpaired) electrons. The van der Waals surface area contributed by atoms with Crippen molar-refractivity contribution in [2.45, 2.75) is 38.1 Å². The van der Waals surface area contributed by atoms with Crippen LogP contribution in [0.2, 0.25) is 10.0 Å². The Morgan fingerprint density at radius 3 is 2.26 bits per heavy atom. The summed E-state index contributed by atoms with van der Waals surface area (Å²) in [5.41, 5.74) is 1.60. The van der Waals surface area contributed by atoms with E-state index in [-0.39, 0.29) is 34.0 Å². The van der Waals surface area contributed by atoms with Crippen molar-refractivity contribution in [2.75, 3.05) is 19.6 Å². The quantitative estimate of drug-likeness (QED) is 0.305. The maximum absolute atomic E-state index is 12.6. The van der Waals surface area contributed by atoms with Gasteiger partial charge >= 0.3 is 12.1 Å². The third kappa shape index (κ3) is 10.3. The van der Waals surface area contributed by atoms with Crippen LogP contribution in [0.25, 0.3) is 0 Å². The lowest BCUT2D eigenvalue weighted by atomic mass is 10.0. The summed E-state index contributed by atoms with van der Waals surface area (Å²) in [6.45, 7) is 2.41. The zero-order valence-corrected chi connectivity index (χ0v) is 22.0. The smallest absolute Gasteiger partial charge is 0.373 e. The molecule has 1 aliphatic rings. The van der Waals surface area contributed by atoms with Gasteiger partial charge in [0.1, 0.15) is 11.8 Å². The Morgan fingerprint density at radius 1 is 1.05 bits per heavy atom. The number of carbonyl (C=O) groups is 3. The van der Waals surface area contributed by atoms with Crippen molar-refractivity contribution < 1.29 is 29.1 Å². The predicted molar refractivity (Wildman–Crippen MR) is 141 cm³/mol. The van der Waals surface area contributed by atoms with Crippen molar-refractivity contribution in [3.05, 3.63) is 69.2 Å². The second kappa shape index (κ2) is 16.2. The van der Waals surface area contributed by atoms with E-state index in [9.17, 15) is 19.5 Å². The first kappa shape index (κ1) is 30.5. The zero-order chi connectivity index (χ0) is 27.9. The van der Waals surface area contributed by atoms with Crippen LogP contribution in [-0.2, 0) is 32.0 Å². The molecule has 0 bridgehead atoms. The lowest BCUT2D eigenvalue weighted by Gasteiger charge is -2.16. The number of Topliss-reactive ketones (excluding diaryl/α,β-unsaturated/α-hetero) is 1. The maximum Gasteiger partial charge on any atom is 0.373 e. The fraction of sp³-hybridized carbons (Fsp3) is 0.346. The molecule has 2 aromatic rings. The number of halogens is 2. The van der Waals surface area contributed by atoms with Crippen molar-refractivity contribution >= 4 is 53.0 Å². The van der Waals surface area contributed by atoms with E-state index < -0.39 is 17.9 Å². The number of hydrogen-bond acceptors (Lipinski definition) is 8. The molecule has 0 aliphatic carbocycles. The van der Waals surface area contributed by atoms with Crippen LogP contribution in [-0.4, -0.2) is 60.6 Å². The molecular formula is C26H28Cl2N4O6. The highest BCUT2D eigenvalue weighted by Crippen LogP contribution is 2.24. The summed E-state index contributed by atoms with van der Waals surface area (Å²) in [5, 5.41) is 18.7. The van der Waals surface area contributed by atoms with Gasteiger partial charge in [0.2, 0.25) is 0 Å². The second-order valence-corrected chi connectivity index (χ2v) is 9.14. The molecular weight excluding hydrogens is 535 g/mol. The average molecular weight is 563 g/mol. The van der Waals surface area contributed by atoms with Crippen LogP contribution >= 0.6 is 23.2 Å². The molecule has 2 aromatic carbocycles. The molecule has 0 fully saturated rings. The molecule has 0 spiro atoms. The summed E-state index contributed by atoms with van der Waals surface area (Å²) in [6.07, 6.45) is 2.84. The van der Waals surface area contributed by atoms with Crippen molar-refractivity contribution in [1.82, 2.24) is 16.0 Å². The molecule has 0 saturated carbocycles. The average Bonchev–Trinajstić information content (AvgIpc) is 2.88. The SMILES string of the molecule is O=C(CCCNC1=NCCCN1)Cc1ccc(C[C@H](NC(=O)c2c(Cl)cccc2Cl)C(=O)O)cc1.O=C=O. The van der Waals surface area contributed by atoms with Crippen LogP contribution in [0.3, 0.4) is 0 Å². The molecule has 0 saturated heterocycles. The van der Waals surface area contributed by atoms with E-state index in [0.29, 0.717) is 31.4 Å². The van der Waals surface area contributed by atoms with Crippen molar-refractivity contribution in [1.29, 1.82) is 0 Å². The van der Waals surface area contributed by atoms with Gasteiger partial charge in [-0.15, -0.1) is 0 Å². The first-order valence-electron chi connectivity index (χ1n) is 11.8. The minimum atomic E-state index is -1.18. The van der Waals surface area contributed by atoms with Crippen molar-refractivity contribution in [3.8, 4) is 0 Å². The Hall–Kier alpha value is -3.72. The third-order valence-corrected chi connectivity index (χ3v) is 6.11. The van der Waals surface area contributed by atoms with Gasteiger partial charge in [0.05, 0.1) is 15.6 Å². The van der Waals surface area contributed by atoms with Crippen molar-refractivity contribution in [3.63, 3.8) is 0 Å². The largest absolute Gasteiger partial charge is 0.480 e. The number of carbonyl (C=O) groups excluding carboxylic acids is 4. The number of hydrogen-bond donors (Lipinski definition) is 4. The summed E-state index contributed by atoms with van der Waals surface area (Å²) >= 11 is 12.1. The van der Waals surface area contributed by atoms with E-state index >= 15 is 0 Å². The fourth-order valence-electron chi connectivity index (χ4n) is 3.63. The summed E-state index contributed by atoms with van der Waals surface area (Å²) in [6, 6.07) is 10.6. The number of aliphatic imine (C=N–C) groups is 1. The number of guanidine groups is 1. The summed E-state index contributed by atoms with van der Waals surface area (Å²) in [7, 11) is 0. The predicted octanol–water partition coefficient (Wildman–Crippen LogP) is 2.67. The van der Waals surface area contributed by atoms with Gasteiger partial charge in [0, 0.05) is 38.9 Å². The normalized spacial score (nSPS) is 12.9. The first-order valence-corrected chi connectivity index (χ1v) is 12.6. The van der Waals surface area contributed by atoms with Gasteiger partial charge < -0.3 is 21.1 Å². The summed E-state index contributed by atoms with van der Waals surface area (Å²) in [5.74, 6) is -0.907. The molecule has 12 heteroatoms. The Bertz CT molecular complexity index is 1160. The number of nitrogens with one attached hydrogen (secondary N) is 3. The number of benzene rings is 2. The number of ketones is 1. The molecule has 0 aromatic heterocycles. The molecule has 1 aliphatic heterocycles. The highest BCUT2D eigenvalue weighted by Gasteiger charge is 2.23. The Balaban J connectivity index is 0.00000161. The molecule has 202 valence electrons. The maximum atomic E-state index is 12.6. The number of carboxylic acid groups (broad SMARTS) is 1. The van der Waals surface area contributed by atoms with Gasteiger partial charge in [-0.25, -0.2) is 4.79 Å². The van der Waals surface area contributed by atoms with Crippen LogP contribution in [0, 0.1) is 0 Å². The van der Waals surface area contributed by atoms with Gasteiger partial charge in [-0.1, -0.05) is 53.5 Å². The van der Waals surface area contributed by atoms with E-state index in [0.717, 1.165) is 31.0 Å². The van der Waals surface area contributed by atoms with E-state index in [1.54, 1.807) is 30.3 Å². The van der Waals surface area contributed by atoms with Gasteiger partial charge in [-0.2, -0.15) is 9.59 Å².